The van der Waals surface area contributed by atoms with E-state index in [1.54, 1.807) is 10.9 Å². The molecule has 0 spiro atoms. The van der Waals surface area contributed by atoms with Crippen LogP contribution in [0.1, 0.15) is 42.5 Å². The van der Waals surface area contributed by atoms with E-state index >= 15 is 0 Å². The van der Waals surface area contributed by atoms with E-state index in [2.05, 4.69) is 19.4 Å². The van der Waals surface area contributed by atoms with E-state index in [9.17, 15) is 58.7 Å². The van der Waals surface area contributed by atoms with Crippen LogP contribution in [0.15, 0.2) is 94.1 Å². The highest BCUT2D eigenvalue weighted by molar-refractivity contribution is 7.92. The first-order valence-electron chi connectivity index (χ1n) is 15.5. The summed E-state index contributed by atoms with van der Waals surface area (Å²) in [6, 6.07) is 9.55. The third-order valence-electron chi connectivity index (χ3n) is 7.80. The first-order valence-corrected chi connectivity index (χ1v) is 17.0. The minimum Gasteiger partial charge on any atom is -0.476 e. The van der Waals surface area contributed by atoms with E-state index in [1.807, 2.05) is 4.98 Å². The maximum Gasteiger partial charge on any atom is 0.418 e. The molecule has 6 aromatic rings. The average molecular weight is 839 g/mol. The largest absolute Gasteiger partial charge is 0.476 e. The Kier molecular flexibility index (Phi) is 11.2. The molecule has 0 aliphatic heterocycles. The fourth-order valence-corrected chi connectivity index (χ4v) is 6.14. The number of alkyl halides is 6. The van der Waals surface area contributed by atoms with Gasteiger partial charge in [0.1, 0.15) is 12.7 Å². The minimum absolute atomic E-state index is 0.109. The molecule has 0 aliphatic carbocycles. The molecule has 304 valence electrons. The Bertz CT molecular complexity index is 2810. The van der Waals surface area contributed by atoms with Crippen LogP contribution in [0.25, 0.3) is 22.3 Å². The Morgan fingerprint density at radius 2 is 1.34 bits per heavy atom. The lowest BCUT2D eigenvalue weighted by Gasteiger charge is -2.16. The van der Waals surface area contributed by atoms with Gasteiger partial charge >= 0.3 is 36.0 Å². The van der Waals surface area contributed by atoms with Crippen molar-refractivity contribution < 1.29 is 63.7 Å². The summed E-state index contributed by atoms with van der Waals surface area (Å²) in [6.07, 6.45) is -6.05. The number of benzene rings is 3. The molecule has 0 unspecified atom stereocenters. The van der Waals surface area contributed by atoms with Gasteiger partial charge in [0.2, 0.25) is 0 Å². The highest BCUT2D eigenvalue weighted by Gasteiger charge is 2.37. The zero-order chi connectivity index (χ0) is 42.9. The second-order valence-electron chi connectivity index (χ2n) is 11.5. The van der Waals surface area contributed by atoms with Crippen molar-refractivity contribution in [2.24, 2.45) is 0 Å². The molecule has 3 aromatic carbocycles. The molecule has 25 heteroatoms. The van der Waals surface area contributed by atoms with Crippen LogP contribution in [0.5, 0.6) is 0 Å². The van der Waals surface area contributed by atoms with Crippen molar-refractivity contribution in [3.63, 3.8) is 0 Å². The van der Waals surface area contributed by atoms with Gasteiger partial charge in [0, 0.05) is 18.1 Å². The Morgan fingerprint density at radius 3 is 1.88 bits per heavy atom. The maximum absolute atomic E-state index is 13.7. The summed E-state index contributed by atoms with van der Waals surface area (Å²) >= 11 is 0. The molecular weight excluding hydrogens is 814 g/mol. The maximum atomic E-state index is 13.7. The summed E-state index contributed by atoms with van der Waals surface area (Å²) in [7, 11) is -2.21. The van der Waals surface area contributed by atoms with Crippen LogP contribution in [0.2, 0.25) is 0 Å². The van der Waals surface area contributed by atoms with Crippen LogP contribution in [0.3, 0.4) is 0 Å². The number of aromatic amines is 1. The number of halogens is 6. The van der Waals surface area contributed by atoms with Crippen molar-refractivity contribution in [1.29, 1.82) is 0 Å². The number of carboxylic acid groups (broad SMARTS) is 1. The Labute approximate surface area is 318 Å². The fraction of sp³-hybridized carbons (Fsp3) is 0.121. The lowest BCUT2D eigenvalue weighted by Crippen LogP contribution is -2.43. The number of carbonyl (C=O) groups is 3. The molecule has 18 nitrogen and oxygen atoms in total. The lowest BCUT2D eigenvalue weighted by atomic mass is 10.1. The number of nitrogens with zero attached hydrogens (tertiary/aromatic N) is 5. The topological polar surface area (TPSA) is 253 Å². The van der Waals surface area contributed by atoms with Gasteiger partial charge in [0.05, 0.1) is 58.1 Å². The summed E-state index contributed by atoms with van der Waals surface area (Å²) in [4.78, 5) is 70.2. The molecule has 0 aliphatic rings. The molecule has 0 fully saturated rings. The quantitative estimate of drug-likeness (QED) is 0.0973. The van der Waals surface area contributed by atoms with E-state index in [-0.39, 0.29) is 26.5 Å². The number of carboxylic acids is 1. The van der Waals surface area contributed by atoms with Crippen molar-refractivity contribution in [2.45, 2.75) is 17.2 Å². The van der Waals surface area contributed by atoms with Crippen molar-refractivity contribution in [2.75, 3.05) is 24.8 Å². The first-order chi connectivity index (χ1) is 27.1. The molecule has 0 amide bonds. The van der Waals surface area contributed by atoms with Gasteiger partial charge in [-0.2, -0.15) is 39.4 Å². The summed E-state index contributed by atoms with van der Waals surface area (Å²) in [5.74, 6) is -3.20. The summed E-state index contributed by atoms with van der Waals surface area (Å²) < 4.78 is 117. The number of methoxy groups -OCH3 is 2. The normalized spacial score (nSPS) is 11.7. The summed E-state index contributed by atoms with van der Waals surface area (Å²) in [6.45, 7) is 0. The zero-order valence-corrected chi connectivity index (χ0v) is 29.9. The minimum atomic E-state index is -4.96. The van der Waals surface area contributed by atoms with Crippen molar-refractivity contribution in [3.8, 4) is 11.4 Å². The molecule has 3 heterocycles. The van der Waals surface area contributed by atoms with Crippen LogP contribution in [0, 0.1) is 0 Å². The SMILES string of the molecule is COC(=O)c1cn(-c2cc(C(=O)OC)c(N)cc2C(F)(F)F)cn1.O=C(O)c1cn(-c2cc3c(=O)n(NS(=O)(=O)c4ccccc4)c(=O)[nH]c3cc2C(F)(F)F)cn1. The predicted octanol–water partition coefficient (Wildman–Crippen LogP) is 3.57. The molecule has 0 bridgehead atoms. The number of fused-ring (bicyclic) bond motifs is 1. The van der Waals surface area contributed by atoms with Crippen molar-refractivity contribution in [3.05, 3.63) is 129 Å². The van der Waals surface area contributed by atoms with Crippen molar-refractivity contribution in [1.82, 2.24) is 28.8 Å². The van der Waals surface area contributed by atoms with Gasteiger partial charge in [-0.15, -0.1) is 0 Å². The number of anilines is 1. The summed E-state index contributed by atoms with van der Waals surface area (Å²) in [5.41, 5.74) is -2.44. The number of aromatic nitrogens is 6. The van der Waals surface area contributed by atoms with Gasteiger partial charge in [-0.1, -0.05) is 18.2 Å². The van der Waals surface area contributed by atoms with E-state index in [1.165, 1.54) is 24.3 Å². The molecule has 58 heavy (non-hydrogen) atoms. The number of ether oxygens (including phenoxy) is 2. The number of nitrogens with two attached hydrogens (primary N) is 1. The smallest absolute Gasteiger partial charge is 0.418 e. The van der Waals surface area contributed by atoms with Crippen LogP contribution in [0.4, 0.5) is 32.0 Å². The van der Waals surface area contributed by atoms with Gasteiger partial charge in [-0.05, 0) is 36.4 Å². The fourth-order valence-electron chi connectivity index (χ4n) is 5.11. The molecule has 0 radical (unpaired) electrons. The number of nitrogen functional groups attached to an aromatic ring is 1. The number of rotatable bonds is 8. The number of sulfonamides is 1. The van der Waals surface area contributed by atoms with E-state index < -0.39 is 90.6 Å². The highest BCUT2D eigenvalue weighted by Crippen LogP contribution is 2.37. The number of H-pyrrole nitrogens is 1. The standard InChI is InChI=1S/C19H12F3N5O6S.C14H12F3N3O4/c20-19(21,22)12-7-13-11(6-15(12)26-8-14(17(29)30)23-9-26)16(28)27(18(31)24-13)25-34(32,33)10-4-2-1-3-5-10;1-23-12(21)7-3-11(8(4-9(7)18)14(15,16)17)20-5-10(19-6-20)13(22)24-2/h1-9,25H,(H,24,31)(H,29,30);3-6H,18H2,1-2H3. The number of aromatic carboxylic acids is 1. The second-order valence-corrected chi connectivity index (χ2v) is 13.1. The number of nitrogens with one attached hydrogen (secondary N) is 2. The molecule has 0 saturated carbocycles. The Balaban J connectivity index is 0.000000235. The summed E-state index contributed by atoms with van der Waals surface area (Å²) in [5, 5.41) is 8.52. The molecule has 5 N–H and O–H groups in total. The third-order valence-corrected chi connectivity index (χ3v) is 9.11. The van der Waals surface area contributed by atoms with Gasteiger partial charge in [0.25, 0.3) is 15.6 Å². The predicted molar refractivity (Wildman–Crippen MR) is 187 cm³/mol. The number of carbonyl (C=O) groups excluding carboxylic acids is 2. The van der Waals surface area contributed by atoms with Gasteiger partial charge in [-0.25, -0.2) is 34.0 Å². The number of hydrogen-bond acceptors (Lipinski definition) is 12. The Morgan fingerprint density at radius 1 is 0.810 bits per heavy atom. The molecule has 0 atom stereocenters. The average Bonchev–Trinajstić information content (AvgIpc) is 3.87. The number of esters is 2. The van der Waals surface area contributed by atoms with E-state index in [0.717, 1.165) is 60.5 Å². The first kappa shape index (κ1) is 41.7. The lowest BCUT2D eigenvalue weighted by molar-refractivity contribution is -0.138. The Hall–Kier alpha value is -7.44. The number of hydrogen-bond donors (Lipinski definition) is 4. The zero-order valence-electron chi connectivity index (χ0n) is 29.1. The number of imidazole rings is 2. The van der Waals surface area contributed by atoms with Crippen molar-refractivity contribution >= 4 is 44.5 Å². The third kappa shape index (κ3) is 8.52. The van der Waals surface area contributed by atoms with Gasteiger partial charge in [-0.3, -0.25) is 4.79 Å². The van der Waals surface area contributed by atoms with Gasteiger partial charge < -0.3 is 34.4 Å². The molecule has 3 aromatic heterocycles. The van der Waals surface area contributed by atoms with Gasteiger partial charge in [0.15, 0.2) is 11.4 Å². The second kappa shape index (κ2) is 15.6. The van der Waals surface area contributed by atoms with Crippen LogP contribution in [-0.4, -0.2) is 74.4 Å². The van der Waals surface area contributed by atoms with Crippen LogP contribution in [-0.2, 0) is 31.8 Å². The van der Waals surface area contributed by atoms with E-state index in [0.29, 0.717) is 12.1 Å². The van der Waals surface area contributed by atoms with Crippen LogP contribution < -0.4 is 21.8 Å². The molecule has 0 saturated heterocycles. The highest BCUT2D eigenvalue weighted by atomic mass is 32.2. The molecular formula is C33H24F6N8O10S. The monoisotopic (exact) mass is 838 g/mol. The molecule has 6 rings (SSSR count). The van der Waals surface area contributed by atoms with E-state index in [4.69, 9.17) is 10.8 Å². The van der Waals surface area contributed by atoms with Crippen LogP contribution >= 0.6 is 0 Å².